The number of rotatable bonds is 36. The zero-order valence-corrected chi connectivity index (χ0v) is 35.4. The first-order chi connectivity index (χ1) is 27.3. The number of carbonyl (C=O) groups is 1. The second-order valence-corrected chi connectivity index (χ2v) is 15.5. The normalized spacial score (nSPS) is 21.7. The van der Waals surface area contributed by atoms with Gasteiger partial charge in [-0.15, -0.1) is 0 Å². The number of allylic oxidation sites excluding steroid dienone is 10. The van der Waals surface area contributed by atoms with Gasteiger partial charge in [0.1, 0.15) is 24.4 Å². The van der Waals surface area contributed by atoms with Crippen molar-refractivity contribution in [2.75, 3.05) is 13.2 Å². The maximum absolute atomic E-state index is 12.9. The van der Waals surface area contributed by atoms with E-state index in [0.717, 1.165) is 83.5 Å². The van der Waals surface area contributed by atoms with Gasteiger partial charge in [-0.1, -0.05) is 171 Å². The van der Waals surface area contributed by atoms with E-state index < -0.39 is 49.5 Å². The topological polar surface area (TPSA) is 149 Å². The Kier molecular flexibility index (Phi) is 34.5. The van der Waals surface area contributed by atoms with Gasteiger partial charge in [-0.2, -0.15) is 0 Å². The van der Waals surface area contributed by atoms with Crippen molar-refractivity contribution in [2.45, 2.75) is 217 Å². The van der Waals surface area contributed by atoms with Crippen molar-refractivity contribution in [3.8, 4) is 0 Å². The quantitative estimate of drug-likeness (QED) is 0.0272. The van der Waals surface area contributed by atoms with Gasteiger partial charge in [-0.3, -0.25) is 4.79 Å². The third-order valence-electron chi connectivity index (χ3n) is 10.4. The smallest absolute Gasteiger partial charge is 0.220 e. The van der Waals surface area contributed by atoms with Crippen molar-refractivity contribution in [1.82, 2.24) is 5.32 Å². The number of ether oxygens (including phenoxy) is 2. The third-order valence-corrected chi connectivity index (χ3v) is 10.4. The van der Waals surface area contributed by atoms with Crippen molar-refractivity contribution in [3.63, 3.8) is 0 Å². The molecule has 7 atom stereocenters. The number of amides is 1. The summed E-state index contributed by atoms with van der Waals surface area (Å²) in [6, 6.07) is -0.726. The zero-order valence-electron chi connectivity index (χ0n) is 35.4. The van der Waals surface area contributed by atoms with Crippen LogP contribution < -0.4 is 5.32 Å². The number of hydrogen-bond acceptors (Lipinski definition) is 8. The van der Waals surface area contributed by atoms with E-state index in [0.29, 0.717) is 12.8 Å². The lowest BCUT2D eigenvalue weighted by Gasteiger charge is -2.40. The van der Waals surface area contributed by atoms with Crippen molar-refractivity contribution >= 4 is 5.91 Å². The van der Waals surface area contributed by atoms with Gasteiger partial charge in [-0.25, -0.2) is 0 Å². The molecule has 0 radical (unpaired) electrons. The Morgan fingerprint density at radius 1 is 0.625 bits per heavy atom. The maximum atomic E-state index is 12.9. The van der Waals surface area contributed by atoms with Gasteiger partial charge in [-0.05, 0) is 57.8 Å². The highest BCUT2D eigenvalue weighted by molar-refractivity contribution is 5.76. The molecule has 1 amide bonds. The molecule has 1 heterocycles. The molecule has 1 aliphatic heterocycles. The van der Waals surface area contributed by atoms with Crippen LogP contribution in [0.4, 0.5) is 0 Å². The van der Waals surface area contributed by atoms with Gasteiger partial charge in [0.15, 0.2) is 6.29 Å². The van der Waals surface area contributed by atoms with Crippen molar-refractivity contribution in [3.05, 3.63) is 60.8 Å². The standard InChI is InChI=1S/C47H83NO8/c1-3-5-7-9-11-13-15-16-17-18-19-20-21-22-23-24-25-26-27-29-31-33-35-37-43(51)48-40(39-55-47-46(54)45(53)44(52)42(38-49)56-47)41(50)36-34-32-30-28-14-12-10-8-6-4-2/h5,7,11,13,16-17,19-20,22-23,40-42,44-47,49-50,52-54H,3-4,6,8-10,12,14-15,18,21,24-39H2,1-2H3,(H,48,51)/b7-5-,13-11-,17-16-,20-19-,23-22-. The molecule has 9 heteroatoms. The van der Waals surface area contributed by atoms with Gasteiger partial charge in [0.2, 0.25) is 5.91 Å². The monoisotopic (exact) mass is 790 g/mol. The van der Waals surface area contributed by atoms with E-state index in [-0.39, 0.29) is 12.5 Å². The second-order valence-electron chi connectivity index (χ2n) is 15.5. The summed E-state index contributed by atoms with van der Waals surface area (Å²) >= 11 is 0. The van der Waals surface area contributed by atoms with Gasteiger partial charge < -0.3 is 40.3 Å². The van der Waals surface area contributed by atoms with Gasteiger partial charge in [0, 0.05) is 6.42 Å². The van der Waals surface area contributed by atoms with Gasteiger partial charge >= 0.3 is 0 Å². The second kappa shape index (κ2) is 37.2. The zero-order chi connectivity index (χ0) is 40.9. The lowest BCUT2D eigenvalue weighted by atomic mass is 9.99. The number of carbonyl (C=O) groups excluding carboxylic acids is 1. The molecule has 0 spiro atoms. The Morgan fingerprint density at radius 2 is 1.11 bits per heavy atom. The highest BCUT2D eigenvalue weighted by atomic mass is 16.7. The minimum atomic E-state index is -1.56. The molecule has 1 fully saturated rings. The SMILES string of the molecule is CC/C=C\C/C=C\C/C=C\C/C=C\C/C=C\CCCCCCCCCC(=O)NC(COC1OC(CO)C(O)C(O)C1O)C(O)CCCCCCCCCCCC. The molecular weight excluding hydrogens is 707 g/mol. The summed E-state index contributed by atoms with van der Waals surface area (Å²) < 4.78 is 11.2. The van der Waals surface area contributed by atoms with Crippen LogP contribution in [-0.2, 0) is 14.3 Å². The van der Waals surface area contributed by atoms with E-state index >= 15 is 0 Å². The van der Waals surface area contributed by atoms with Gasteiger partial charge in [0.05, 0.1) is 25.4 Å². The lowest BCUT2D eigenvalue weighted by Crippen LogP contribution is -2.60. The number of unbranched alkanes of at least 4 members (excludes halogenated alkanes) is 16. The average Bonchev–Trinajstić information content (AvgIpc) is 3.20. The summed E-state index contributed by atoms with van der Waals surface area (Å²) in [5, 5.41) is 54.2. The molecule has 1 rings (SSSR count). The Balaban J connectivity index is 2.29. The molecule has 324 valence electrons. The summed E-state index contributed by atoms with van der Waals surface area (Å²) in [6.45, 7) is 3.68. The maximum Gasteiger partial charge on any atom is 0.220 e. The molecule has 7 unspecified atom stereocenters. The number of aliphatic hydroxyl groups excluding tert-OH is 5. The van der Waals surface area contributed by atoms with Crippen LogP contribution in [0.5, 0.6) is 0 Å². The van der Waals surface area contributed by atoms with E-state index in [2.05, 4.69) is 79.9 Å². The number of hydrogen-bond donors (Lipinski definition) is 6. The van der Waals surface area contributed by atoms with E-state index in [1.54, 1.807) is 0 Å². The summed E-state index contributed by atoms with van der Waals surface area (Å²) in [6.07, 6.45) is 40.9. The molecule has 0 saturated carbocycles. The minimum Gasteiger partial charge on any atom is -0.394 e. The minimum absolute atomic E-state index is 0.146. The summed E-state index contributed by atoms with van der Waals surface area (Å²) in [4.78, 5) is 12.9. The molecule has 1 saturated heterocycles. The fraction of sp³-hybridized carbons (Fsp3) is 0.766. The molecular formula is C47H83NO8. The Labute approximate surface area is 341 Å². The first kappa shape index (κ1) is 51.9. The summed E-state index contributed by atoms with van der Waals surface area (Å²) in [5.74, 6) is -0.161. The van der Waals surface area contributed by atoms with Gasteiger partial charge in [0.25, 0.3) is 0 Å². The Hall–Kier alpha value is -2.11. The predicted molar refractivity (Wildman–Crippen MR) is 230 cm³/mol. The molecule has 56 heavy (non-hydrogen) atoms. The molecule has 6 N–H and O–H groups in total. The fourth-order valence-electron chi connectivity index (χ4n) is 6.77. The largest absolute Gasteiger partial charge is 0.394 e. The average molecular weight is 790 g/mol. The molecule has 0 aromatic heterocycles. The molecule has 1 aliphatic rings. The highest BCUT2D eigenvalue weighted by Gasteiger charge is 2.44. The van der Waals surface area contributed by atoms with Crippen LogP contribution in [0.2, 0.25) is 0 Å². The van der Waals surface area contributed by atoms with Crippen LogP contribution in [-0.4, -0.2) is 87.5 Å². The first-order valence-corrected chi connectivity index (χ1v) is 22.5. The predicted octanol–water partition coefficient (Wildman–Crippen LogP) is 9.22. The fourth-order valence-corrected chi connectivity index (χ4v) is 6.77. The van der Waals surface area contributed by atoms with Crippen LogP contribution >= 0.6 is 0 Å². The molecule has 9 nitrogen and oxygen atoms in total. The van der Waals surface area contributed by atoms with E-state index in [4.69, 9.17) is 9.47 Å². The molecule has 0 aliphatic carbocycles. The van der Waals surface area contributed by atoms with Crippen LogP contribution in [0.25, 0.3) is 0 Å². The van der Waals surface area contributed by atoms with Crippen LogP contribution in [0.15, 0.2) is 60.8 Å². The first-order valence-electron chi connectivity index (χ1n) is 22.5. The Bertz CT molecular complexity index is 1060. The van der Waals surface area contributed by atoms with Crippen molar-refractivity contribution in [1.29, 1.82) is 0 Å². The van der Waals surface area contributed by atoms with Crippen molar-refractivity contribution < 1.29 is 39.8 Å². The van der Waals surface area contributed by atoms with Crippen molar-refractivity contribution in [2.24, 2.45) is 0 Å². The summed E-state index contributed by atoms with van der Waals surface area (Å²) in [5.41, 5.74) is 0. The van der Waals surface area contributed by atoms with E-state index in [1.807, 2.05) is 0 Å². The lowest BCUT2D eigenvalue weighted by molar-refractivity contribution is -0.302. The number of nitrogens with one attached hydrogen (secondary N) is 1. The Morgan fingerprint density at radius 3 is 1.64 bits per heavy atom. The summed E-state index contributed by atoms with van der Waals surface area (Å²) in [7, 11) is 0. The molecule has 0 aromatic carbocycles. The third kappa shape index (κ3) is 27.5. The van der Waals surface area contributed by atoms with E-state index in [9.17, 15) is 30.3 Å². The van der Waals surface area contributed by atoms with E-state index in [1.165, 1.54) is 64.2 Å². The molecule has 0 aromatic rings. The molecule has 0 bridgehead atoms. The van der Waals surface area contributed by atoms with Crippen LogP contribution in [0, 0.1) is 0 Å². The number of aliphatic hydroxyl groups is 5. The van der Waals surface area contributed by atoms with Crippen LogP contribution in [0.1, 0.15) is 174 Å². The highest BCUT2D eigenvalue weighted by Crippen LogP contribution is 2.23. The van der Waals surface area contributed by atoms with Crippen LogP contribution in [0.3, 0.4) is 0 Å².